The van der Waals surface area contributed by atoms with Crippen LogP contribution in [-0.2, 0) is 6.42 Å². The monoisotopic (exact) mass is 212 g/mol. The van der Waals surface area contributed by atoms with Crippen molar-refractivity contribution in [1.29, 1.82) is 0 Å². The maximum atomic E-state index is 13.0. The Balaban J connectivity index is 2.95. The first-order valence-corrected chi connectivity index (χ1v) is 4.86. The summed E-state index contributed by atoms with van der Waals surface area (Å²) >= 11 is 0. The molecule has 0 amide bonds. The molecule has 1 rings (SSSR count). The summed E-state index contributed by atoms with van der Waals surface area (Å²) in [4.78, 5) is 1.84. The molecule has 0 heterocycles. The molecule has 0 bridgehead atoms. The molecule has 0 saturated carbocycles. The molecule has 0 aliphatic carbocycles. The molecule has 0 aromatic heterocycles. The van der Waals surface area contributed by atoms with Crippen LogP contribution in [0.2, 0.25) is 0 Å². The van der Waals surface area contributed by atoms with Gasteiger partial charge in [0.2, 0.25) is 0 Å². The number of halogens is 1. The molecule has 4 heteroatoms. The zero-order chi connectivity index (χ0) is 11.4. The number of anilines is 1. The fourth-order valence-corrected chi connectivity index (χ4v) is 1.47. The Hall–Kier alpha value is -1.13. The number of nitrogens with two attached hydrogens (primary N) is 1. The Morgan fingerprint density at radius 3 is 2.67 bits per heavy atom. The molecule has 0 fully saturated rings. The summed E-state index contributed by atoms with van der Waals surface area (Å²) in [5, 5.41) is 8.87. The number of aliphatic hydroxyl groups is 1. The van der Waals surface area contributed by atoms with Crippen LogP contribution >= 0.6 is 0 Å². The van der Waals surface area contributed by atoms with Crippen LogP contribution in [0.4, 0.5) is 10.1 Å². The van der Waals surface area contributed by atoms with E-state index in [4.69, 9.17) is 10.8 Å². The lowest BCUT2D eigenvalue weighted by Crippen LogP contribution is -2.27. The summed E-state index contributed by atoms with van der Waals surface area (Å²) in [6.45, 7) is -0.0652. The van der Waals surface area contributed by atoms with Gasteiger partial charge < -0.3 is 15.7 Å². The number of hydrogen-bond acceptors (Lipinski definition) is 3. The molecule has 15 heavy (non-hydrogen) atoms. The second-order valence-electron chi connectivity index (χ2n) is 3.81. The summed E-state index contributed by atoms with van der Waals surface area (Å²) < 4.78 is 13.0. The van der Waals surface area contributed by atoms with Gasteiger partial charge in [-0.1, -0.05) is 6.07 Å². The van der Waals surface area contributed by atoms with Gasteiger partial charge in [-0.25, -0.2) is 4.39 Å². The van der Waals surface area contributed by atoms with E-state index in [1.54, 1.807) is 6.07 Å². The zero-order valence-corrected chi connectivity index (χ0v) is 9.07. The van der Waals surface area contributed by atoms with Crippen molar-refractivity contribution < 1.29 is 9.50 Å². The van der Waals surface area contributed by atoms with Gasteiger partial charge in [0.15, 0.2) is 0 Å². The minimum Gasteiger partial charge on any atom is -0.395 e. The van der Waals surface area contributed by atoms with Crippen LogP contribution in [-0.4, -0.2) is 31.9 Å². The molecule has 1 unspecified atom stereocenters. The molecule has 1 aromatic rings. The van der Waals surface area contributed by atoms with Gasteiger partial charge in [-0.15, -0.1) is 0 Å². The van der Waals surface area contributed by atoms with Crippen molar-refractivity contribution in [2.45, 2.75) is 12.5 Å². The maximum Gasteiger partial charge on any atom is 0.125 e. The van der Waals surface area contributed by atoms with E-state index in [9.17, 15) is 4.39 Å². The van der Waals surface area contributed by atoms with Crippen LogP contribution in [0.15, 0.2) is 18.2 Å². The SMILES string of the molecule is CN(C)c1cc(F)ccc1CC(N)CO. The van der Waals surface area contributed by atoms with Gasteiger partial charge in [-0.05, 0) is 24.1 Å². The first-order valence-electron chi connectivity index (χ1n) is 4.86. The van der Waals surface area contributed by atoms with Crippen molar-refractivity contribution in [2.75, 3.05) is 25.6 Å². The Kier molecular flexibility index (Phi) is 4.05. The highest BCUT2D eigenvalue weighted by Gasteiger charge is 2.09. The van der Waals surface area contributed by atoms with Crippen LogP contribution in [0, 0.1) is 5.82 Å². The molecule has 0 aliphatic rings. The first-order chi connectivity index (χ1) is 7.04. The summed E-state index contributed by atoms with van der Waals surface area (Å²) in [6, 6.07) is 4.29. The minimum atomic E-state index is -0.297. The smallest absolute Gasteiger partial charge is 0.125 e. The second-order valence-corrected chi connectivity index (χ2v) is 3.81. The molecular weight excluding hydrogens is 195 g/mol. The molecule has 1 atom stereocenters. The molecule has 0 radical (unpaired) electrons. The molecule has 1 aromatic carbocycles. The van der Waals surface area contributed by atoms with Gasteiger partial charge in [0.05, 0.1) is 6.61 Å². The lowest BCUT2D eigenvalue weighted by molar-refractivity contribution is 0.265. The molecule has 0 saturated heterocycles. The third-order valence-corrected chi connectivity index (χ3v) is 2.25. The van der Waals surface area contributed by atoms with Crippen molar-refractivity contribution >= 4 is 5.69 Å². The molecule has 0 aliphatic heterocycles. The van der Waals surface area contributed by atoms with Gasteiger partial charge >= 0.3 is 0 Å². The van der Waals surface area contributed by atoms with Crippen LogP contribution in [0.5, 0.6) is 0 Å². The highest BCUT2D eigenvalue weighted by Crippen LogP contribution is 2.20. The fourth-order valence-electron chi connectivity index (χ4n) is 1.47. The van der Waals surface area contributed by atoms with Gasteiger partial charge in [-0.3, -0.25) is 0 Å². The number of rotatable bonds is 4. The number of aliphatic hydroxyl groups excluding tert-OH is 1. The molecule has 0 spiro atoms. The third kappa shape index (κ3) is 3.18. The van der Waals surface area contributed by atoms with Gasteiger partial charge in [-0.2, -0.15) is 0 Å². The minimum absolute atomic E-state index is 0.0652. The highest BCUT2D eigenvalue weighted by atomic mass is 19.1. The Labute approximate surface area is 89.3 Å². The lowest BCUT2D eigenvalue weighted by Gasteiger charge is -2.19. The molecule has 3 nitrogen and oxygen atoms in total. The summed E-state index contributed by atoms with van der Waals surface area (Å²) in [5.41, 5.74) is 7.40. The van der Waals surface area contributed by atoms with Crippen molar-refractivity contribution in [3.63, 3.8) is 0 Å². The van der Waals surface area contributed by atoms with Crippen LogP contribution < -0.4 is 10.6 Å². The second kappa shape index (κ2) is 5.09. The lowest BCUT2D eigenvalue weighted by atomic mass is 10.0. The molecule has 3 N–H and O–H groups in total. The van der Waals surface area contributed by atoms with E-state index in [0.29, 0.717) is 6.42 Å². The van der Waals surface area contributed by atoms with Crippen molar-refractivity contribution in [2.24, 2.45) is 5.73 Å². The average molecular weight is 212 g/mol. The first kappa shape index (κ1) is 11.9. The standard InChI is InChI=1S/C11H17FN2O/c1-14(2)11-6-9(12)4-3-8(11)5-10(13)7-15/h3-4,6,10,15H,5,7,13H2,1-2H3. The van der Waals surface area contributed by atoms with Gasteiger partial charge in [0.25, 0.3) is 0 Å². The third-order valence-electron chi connectivity index (χ3n) is 2.25. The van der Waals surface area contributed by atoms with Gasteiger partial charge in [0, 0.05) is 25.8 Å². The Morgan fingerprint density at radius 2 is 2.13 bits per heavy atom. The average Bonchev–Trinajstić information content (AvgIpc) is 2.20. The highest BCUT2D eigenvalue weighted by molar-refractivity contribution is 5.53. The van der Waals surface area contributed by atoms with Crippen molar-refractivity contribution in [1.82, 2.24) is 0 Å². The summed E-state index contributed by atoms with van der Waals surface area (Å²) in [6.07, 6.45) is 0.546. The normalized spacial score (nSPS) is 12.6. The Morgan fingerprint density at radius 1 is 1.47 bits per heavy atom. The van der Waals surface area contributed by atoms with E-state index >= 15 is 0 Å². The van der Waals surface area contributed by atoms with E-state index in [1.807, 2.05) is 19.0 Å². The quantitative estimate of drug-likeness (QED) is 0.774. The summed E-state index contributed by atoms with van der Waals surface area (Å²) in [5.74, 6) is -0.264. The Bertz CT molecular complexity index is 328. The number of nitrogens with zero attached hydrogens (tertiary/aromatic N) is 1. The molecular formula is C11H17FN2O. The predicted octanol–water partition coefficient (Wildman–Crippen LogP) is 0.754. The fraction of sp³-hybridized carbons (Fsp3) is 0.455. The largest absolute Gasteiger partial charge is 0.395 e. The van der Waals surface area contributed by atoms with E-state index < -0.39 is 0 Å². The van der Waals surface area contributed by atoms with Crippen LogP contribution in [0.1, 0.15) is 5.56 Å². The topological polar surface area (TPSA) is 49.5 Å². The maximum absolute atomic E-state index is 13.0. The van der Waals surface area contributed by atoms with Crippen molar-refractivity contribution in [3.05, 3.63) is 29.6 Å². The van der Waals surface area contributed by atoms with E-state index in [1.165, 1.54) is 12.1 Å². The predicted molar refractivity (Wildman–Crippen MR) is 59.5 cm³/mol. The van der Waals surface area contributed by atoms with E-state index in [0.717, 1.165) is 11.3 Å². The van der Waals surface area contributed by atoms with Crippen LogP contribution in [0.3, 0.4) is 0 Å². The van der Waals surface area contributed by atoms with E-state index in [2.05, 4.69) is 0 Å². The molecule has 84 valence electrons. The van der Waals surface area contributed by atoms with Crippen molar-refractivity contribution in [3.8, 4) is 0 Å². The van der Waals surface area contributed by atoms with Gasteiger partial charge in [0.1, 0.15) is 5.82 Å². The van der Waals surface area contributed by atoms with Crippen LogP contribution in [0.25, 0.3) is 0 Å². The summed E-state index contributed by atoms with van der Waals surface area (Å²) in [7, 11) is 3.70. The number of benzene rings is 1. The zero-order valence-electron chi connectivity index (χ0n) is 9.07. The number of hydrogen-bond donors (Lipinski definition) is 2. The van der Waals surface area contributed by atoms with E-state index in [-0.39, 0.29) is 18.5 Å².